The second-order valence-electron chi connectivity index (χ2n) is 7.27. The van der Waals surface area contributed by atoms with Crippen LogP contribution in [0.5, 0.6) is 0 Å². The van der Waals surface area contributed by atoms with Crippen molar-refractivity contribution in [3.63, 3.8) is 0 Å². The maximum atomic E-state index is 12.4. The van der Waals surface area contributed by atoms with E-state index in [1.54, 1.807) is 39.8 Å². The summed E-state index contributed by atoms with van der Waals surface area (Å²) in [5, 5.41) is 2.62. The number of carbonyl (C=O) groups is 1. The number of benzene rings is 2. The molecule has 2 aromatic carbocycles. The van der Waals surface area contributed by atoms with Crippen molar-refractivity contribution in [1.29, 1.82) is 0 Å². The van der Waals surface area contributed by atoms with Crippen LogP contribution in [0.15, 0.2) is 52.3 Å². The van der Waals surface area contributed by atoms with E-state index < -0.39 is 26.0 Å². The Morgan fingerprint density at radius 3 is 2.17 bits per heavy atom. The van der Waals surface area contributed by atoms with Gasteiger partial charge in [-0.3, -0.25) is 4.79 Å². The molecule has 164 valence electrons. The summed E-state index contributed by atoms with van der Waals surface area (Å²) in [5.74, 6) is -0.394. The zero-order chi connectivity index (χ0) is 22.5. The minimum absolute atomic E-state index is 0.0632. The molecule has 1 amide bonds. The number of aryl methyl sites for hydroxylation is 2. The zero-order valence-corrected chi connectivity index (χ0v) is 19.0. The van der Waals surface area contributed by atoms with Gasteiger partial charge >= 0.3 is 0 Å². The van der Waals surface area contributed by atoms with Gasteiger partial charge in [0.15, 0.2) is 0 Å². The molecule has 0 heterocycles. The molecule has 0 saturated carbocycles. The fraction of sp³-hybridized carbons (Fsp3) is 0.350. The average molecular weight is 454 g/mol. The summed E-state index contributed by atoms with van der Waals surface area (Å²) < 4.78 is 54.0. The van der Waals surface area contributed by atoms with Gasteiger partial charge < -0.3 is 5.32 Å². The Kier molecular flexibility index (Phi) is 7.75. The lowest BCUT2D eigenvalue weighted by Gasteiger charge is -2.11. The van der Waals surface area contributed by atoms with E-state index >= 15 is 0 Å². The number of rotatable bonds is 9. The maximum absolute atomic E-state index is 12.4. The summed E-state index contributed by atoms with van der Waals surface area (Å²) in [6.07, 6.45) is -0.0704. The van der Waals surface area contributed by atoms with Crippen LogP contribution in [0.4, 0.5) is 5.69 Å². The highest BCUT2D eigenvalue weighted by Crippen LogP contribution is 2.17. The number of sulfonamides is 2. The Labute approximate surface area is 178 Å². The summed E-state index contributed by atoms with van der Waals surface area (Å²) in [6.45, 7) is 6.90. The molecule has 2 aromatic rings. The van der Waals surface area contributed by atoms with E-state index in [0.717, 1.165) is 5.56 Å². The molecule has 3 N–H and O–H groups in total. The number of carbonyl (C=O) groups excluding carboxylic acids is 1. The molecule has 0 spiro atoms. The largest absolute Gasteiger partial charge is 0.326 e. The van der Waals surface area contributed by atoms with Gasteiger partial charge in [0, 0.05) is 24.7 Å². The third kappa shape index (κ3) is 6.63. The first kappa shape index (κ1) is 24.0. The van der Waals surface area contributed by atoms with Crippen molar-refractivity contribution in [3.05, 3.63) is 53.6 Å². The molecule has 0 fully saturated rings. The third-order valence-electron chi connectivity index (χ3n) is 4.12. The third-order valence-corrected chi connectivity index (χ3v) is 7.39. The van der Waals surface area contributed by atoms with Gasteiger partial charge in [-0.25, -0.2) is 26.3 Å². The highest BCUT2D eigenvalue weighted by atomic mass is 32.2. The Hall–Kier alpha value is -2.27. The molecular weight excluding hydrogens is 426 g/mol. The van der Waals surface area contributed by atoms with Crippen molar-refractivity contribution < 1.29 is 21.6 Å². The molecule has 8 nitrogen and oxygen atoms in total. The highest BCUT2D eigenvalue weighted by Gasteiger charge is 2.18. The topological polar surface area (TPSA) is 121 Å². The predicted molar refractivity (Wildman–Crippen MR) is 116 cm³/mol. The van der Waals surface area contributed by atoms with Gasteiger partial charge in [0.05, 0.1) is 9.79 Å². The molecule has 0 bridgehead atoms. The molecule has 0 radical (unpaired) electrons. The first-order valence-corrected chi connectivity index (χ1v) is 12.4. The van der Waals surface area contributed by atoms with Crippen LogP contribution in [-0.2, 0) is 24.8 Å². The molecule has 2 rings (SSSR count). The van der Waals surface area contributed by atoms with Crippen LogP contribution in [0.3, 0.4) is 0 Å². The van der Waals surface area contributed by atoms with Gasteiger partial charge in [-0.15, -0.1) is 0 Å². The fourth-order valence-corrected chi connectivity index (χ4v) is 5.30. The molecule has 0 atom stereocenters. The Balaban J connectivity index is 1.93. The first-order chi connectivity index (χ1) is 13.9. The molecule has 0 aliphatic rings. The average Bonchev–Trinajstić information content (AvgIpc) is 2.63. The second kappa shape index (κ2) is 9.69. The van der Waals surface area contributed by atoms with Gasteiger partial charge in [0.2, 0.25) is 26.0 Å². The smallest absolute Gasteiger partial charge is 0.240 e. The van der Waals surface area contributed by atoms with Crippen LogP contribution in [-0.4, -0.2) is 35.3 Å². The highest BCUT2D eigenvalue weighted by molar-refractivity contribution is 7.89. The van der Waals surface area contributed by atoms with E-state index in [4.69, 9.17) is 0 Å². The van der Waals surface area contributed by atoms with E-state index in [2.05, 4.69) is 14.8 Å². The van der Waals surface area contributed by atoms with E-state index in [0.29, 0.717) is 11.3 Å². The number of anilines is 1. The lowest BCUT2D eigenvalue weighted by atomic mass is 10.2. The predicted octanol–water partition coefficient (Wildman–Crippen LogP) is 2.30. The van der Waals surface area contributed by atoms with Crippen LogP contribution >= 0.6 is 0 Å². The number of amides is 1. The minimum Gasteiger partial charge on any atom is -0.326 e. The SMILES string of the molecule is Cc1ccc(C)c(S(=O)(=O)NCCC(=O)Nc2ccc(S(=O)(=O)NC(C)C)cc2)c1. The van der Waals surface area contributed by atoms with Crippen molar-refractivity contribution in [2.75, 3.05) is 11.9 Å². The molecule has 0 aliphatic carbocycles. The van der Waals surface area contributed by atoms with Crippen molar-refractivity contribution >= 4 is 31.6 Å². The van der Waals surface area contributed by atoms with Crippen LogP contribution in [0.25, 0.3) is 0 Å². The summed E-state index contributed by atoms with van der Waals surface area (Å²) in [6, 6.07) is 10.7. The van der Waals surface area contributed by atoms with Crippen molar-refractivity contribution in [1.82, 2.24) is 9.44 Å². The molecule has 0 unspecified atom stereocenters. The number of hydrogen-bond donors (Lipinski definition) is 3. The van der Waals surface area contributed by atoms with Gasteiger partial charge in [-0.05, 0) is 69.2 Å². The van der Waals surface area contributed by atoms with Crippen LogP contribution in [0.1, 0.15) is 31.4 Å². The standard InChI is InChI=1S/C20H27N3O5S2/c1-14(2)23-29(25,26)18-9-7-17(8-10-18)22-20(24)11-12-21-30(27,28)19-13-15(3)5-6-16(19)4/h5-10,13-14,21,23H,11-12H2,1-4H3,(H,22,24). The lowest BCUT2D eigenvalue weighted by molar-refractivity contribution is -0.116. The summed E-state index contributed by atoms with van der Waals surface area (Å²) in [5.41, 5.74) is 1.87. The van der Waals surface area contributed by atoms with E-state index in [9.17, 15) is 21.6 Å². The van der Waals surface area contributed by atoms with Gasteiger partial charge in [0.25, 0.3) is 0 Å². The summed E-state index contributed by atoms with van der Waals surface area (Å²) in [7, 11) is -7.33. The molecule has 30 heavy (non-hydrogen) atoms. The molecule has 0 saturated heterocycles. The monoisotopic (exact) mass is 453 g/mol. The van der Waals surface area contributed by atoms with Crippen LogP contribution < -0.4 is 14.8 Å². The van der Waals surface area contributed by atoms with Gasteiger partial charge in [-0.1, -0.05) is 12.1 Å². The maximum Gasteiger partial charge on any atom is 0.240 e. The number of hydrogen-bond acceptors (Lipinski definition) is 5. The van der Waals surface area contributed by atoms with Gasteiger partial charge in [-0.2, -0.15) is 0 Å². The van der Waals surface area contributed by atoms with E-state index in [-0.39, 0.29) is 28.8 Å². The Morgan fingerprint density at radius 2 is 1.57 bits per heavy atom. The molecule has 10 heteroatoms. The Bertz CT molecular complexity index is 1110. The van der Waals surface area contributed by atoms with Gasteiger partial charge in [0.1, 0.15) is 0 Å². The van der Waals surface area contributed by atoms with E-state index in [1.807, 2.05) is 6.07 Å². The lowest BCUT2D eigenvalue weighted by Crippen LogP contribution is -2.30. The van der Waals surface area contributed by atoms with Crippen LogP contribution in [0.2, 0.25) is 0 Å². The van der Waals surface area contributed by atoms with Crippen LogP contribution in [0, 0.1) is 13.8 Å². The molecule has 0 aliphatic heterocycles. The van der Waals surface area contributed by atoms with E-state index in [1.165, 1.54) is 24.3 Å². The Morgan fingerprint density at radius 1 is 0.933 bits per heavy atom. The van der Waals surface area contributed by atoms with Crippen molar-refractivity contribution in [2.24, 2.45) is 0 Å². The summed E-state index contributed by atoms with van der Waals surface area (Å²) in [4.78, 5) is 12.4. The number of nitrogens with one attached hydrogen (secondary N) is 3. The molecule has 0 aromatic heterocycles. The summed E-state index contributed by atoms with van der Waals surface area (Å²) >= 11 is 0. The van der Waals surface area contributed by atoms with Crippen molar-refractivity contribution in [2.45, 2.75) is 49.9 Å². The zero-order valence-electron chi connectivity index (χ0n) is 17.4. The second-order valence-corrected chi connectivity index (χ2v) is 10.7. The molecular formula is C20H27N3O5S2. The normalized spacial score (nSPS) is 12.2. The quantitative estimate of drug-likeness (QED) is 0.538. The minimum atomic E-state index is -3.72. The fourth-order valence-electron chi connectivity index (χ4n) is 2.69. The van der Waals surface area contributed by atoms with Crippen molar-refractivity contribution in [3.8, 4) is 0 Å². The first-order valence-electron chi connectivity index (χ1n) is 9.40.